The average molecular weight is 233 g/mol. The highest BCUT2D eigenvalue weighted by Gasteiger charge is 2.07. The molecule has 0 fully saturated rings. The maximum atomic E-state index is 13.8. The van der Waals surface area contributed by atoms with Crippen molar-refractivity contribution in [2.24, 2.45) is 5.73 Å². The predicted octanol–water partition coefficient (Wildman–Crippen LogP) is 2.56. The van der Waals surface area contributed by atoms with E-state index in [-0.39, 0.29) is 5.82 Å². The molecule has 2 rings (SSSR count). The van der Waals surface area contributed by atoms with Gasteiger partial charge in [-0.05, 0) is 18.1 Å². The van der Waals surface area contributed by atoms with Gasteiger partial charge in [-0.15, -0.1) is 0 Å². The van der Waals surface area contributed by atoms with Gasteiger partial charge in [0.25, 0.3) is 0 Å². The van der Waals surface area contributed by atoms with Gasteiger partial charge < -0.3 is 5.73 Å². The van der Waals surface area contributed by atoms with Crippen LogP contribution in [0.25, 0.3) is 11.1 Å². The summed E-state index contributed by atoms with van der Waals surface area (Å²) in [5.74, 6) is -0.246. The number of aromatic nitrogens is 2. The fraction of sp³-hybridized carbons (Fsp3) is 0.308. The second kappa shape index (κ2) is 5.10. The van der Waals surface area contributed by atoms with Crippen LogP contribution in [0.1, 0.15) is 18.9 Å². The number of halogens is 1. The van der Waals surface area contributed by atoms with E-state index in [0.717, 1.165) is 24.1 Å². The topological polar surface area (TPSA) is 43.8 Å². The van der Waals surface area contributed by atoms with E-state index < -0.39 is 0 Å². The Morgan fingerprint density at radius 2 is 2.24 bits per heavy atom. The highest BCUT2D eigenvalue weighted by Crippen LogP contribution is 2.23. The molecule has 0 amide bonds. The van der Waals surface area contributed by atoms with Crippen molar-refractivity contribution in [2.45, 2.75) is 26.4 Å². The number of benzene rings is 1. The van der Waals surface area contributed by atoms with E-state index in [2.05, 4.69) is 12.0 Å². The van der Waals surface area contributed by atoms with Crippen molar-refractivity contribution in [2.75, 3.05) is 0 Å². The summed E-state index contributed by atoms with van der Waals surface area (Å²) in [4.78, 5) is 0. The predicted molar refractivity (Wildman–Crippen MR) is 65.8 cm³/mol. The van der Waals surface area contributed by atoms with Crippen LogP contribution in [0.5, 0.6) is 0 Å². The van der Waals surface area contributed by atoms with Gasteiger partial charge in [0.1, 0.15) is 5.82 Å². The highest BCUT2D eigenvalue weighted by atomic mass is 19.1. The van der Waals surface area contributed by atoms with Crippen LogP contribution in [-0.4, -0.2) is 9.78 Å². The minimum Gasteiger partial charge on any atom is -0.326 e. The van der Waals surface area contributed by atoms with Gasteiger partial charge in [0.05, 0.1) is 6.20 Å². The average Bonchev–Trinajstić information content (AvgIpc) is 2.78. The molecule has 0 atom stereocenters. The zero-order valence-electron chi connectivity index (χ0n) is 9.86. The van der Waals surface area contributed by atoms with Crippen LogP contribution in [0, 0.1) is 5.82 Å². The fourth-order valence-electron chi connectivity index (χ4n) is 1.77. The Kier molecular flexibility index (Phi) is 3.54. The number of hydrogen-bond donors (Lipinski definition) is 1. The van der Waals surface area contributed by atoms with Crippen molar-refractivity contribution >= 4 is 0 Å². The van der Waals surface area contributed by atoms with Crippen LogP contribution in [0.2, 0.25) is 0 Å². The Morgan fingerprint density at radius 3 is 2.88 bits per heavy atom. The molecule has 2 N–H and O–H groups in total. The lowest BCUT2D eigenvalue weighted by molar-refractivity contribution is 0.602. The number of aryl methyl sites for hydroxylation is 1. The second-order valence-corrected chi connectivity index (χ2v) is 4.01. The third kappa shape index (κ3) is 2.53. The molecule has 0 bridgehead atoms. The monoisotopic (exact) mass is 233 g/mol. The molecule has 0 unspecified atom stereocenters. The fourth-order valence-corrected chi connectivity index (χ4v) is 1.77. The normalized spacial score (nSPS) is 10.8. The molecule has 0 saturated heterocycles. The highest BCUT2D eigenvalue weighted by molar-refractivity contribution is 5.62. The van der Waals surface area contributed by atoms with Crippen molar-refractivity contribution in [1.29, 1.82) is 0 Å². The lowest BCUT2D eigenvalue weighted by Gasteiger charge is -2.02. The standard InChI is InChI=1S/C13H16FN3/c1-2-5-17-9-11(8-16-17)12-4-3-10(7-15)6-13(12)14/h3-4,6,8-9H,2,5,7,15H2,1H3. The second-order valence-electron chi connectivity index (χ2n) is 4.01. The molecule has 1 aromatic heterocycles. The Labute approximate surface area is 100 Å². The number of rotatable bonds is 4. The first kappa shape index (κ1) is 11.8. The number of hydrogen-bond acceptors (Lipinski definition) is 2. The first-order valence-electron chi connectivity index (χ1n) is 5.76. The summed E-state index contributed by atoms with van der Waals surface area (Å²) in [5, 5.41) is 4.19. The van der Waals surface area contributed by atoms with Crippen molar-refractivity contribution in [3.63, 3.8) is 0 Å². The molecule has 1 heterocycles. The number of nitrogens with two attached hydrogens (primary N) is 1. The smallest absolute Gasteiger partial charge is 0.131 e. The molecular formula is C13H16FN3. The van der Waals surface area contributed by atoms with E-state index >= 15 is 0 Å². The van der Waals surface area contributed by atoms with Crippen LogP contribution >= 0.6 is 0 Å². The van der Waals surface area contributed by atoms with E-state index in [1.807, 2.05) is 16.9 Å². The van der Waals surface area contributed by atoms with Gasteiger partial charge in [0, 0.05) is 30.4 Å². The molecule has 0 aliphatic rings. The summed E-state index contributed by atoms with van der Waals surface area (Å²) in [6, 6.07) is 5.08. The zero-order chi connectivity index (χ0) is 12.3. The molecule has 0 spiro atoms. The zero-order valence-corrected chi connectivity index (χ0v) is 9.86. The summed E-state index contributed by atoms with van der Waals surface area (Å²) < 4.78 is 15.7. The van der Waals surface area contributed by atoms with E-state index in [1.165, 1.54) is 6.07 Å². The SMILES string of the molecule is CCCn1cc(-c2ccc(CN)cc2F)cn1. The van der Waals surface area contributed by atoms with Gasteiger partial charge >= 0.3 is 0 Å². The summed E-state index contributed by atoms with van der Waals surface area (Å²) in [7, 11) is 0. The molecule has 0 radical (unpaired) electrons. The quantitative estimate of drug-likeness (QED) is 0.882. The van der Waals surface area contributed by atoms with Gasteiger partial charge in [0.2, 0.25) is 0 Å². The molecule has 2 aromatic rings. The lowest BCUT2D eigenvalue weighted by Crippen LogP contribution is -1.97. The molecule has 4 heteroatoms. The lowest BCUT2D eigenvalue weighted by atomic mass is 10.1. The molecule has 90 valence electrons. The van der Waals surface area contributed by atoms with Gasteiger partial charge in [-0.2, -0.15) is 5.10 Å². The van der Waals surface area contributed by atoms with Crippen LogP contribution in [0.3, 0.4) is 0 Å². The third-order valence-electron chi connectivity index (χ3n) is 2.67. The molecule has 0 saturated carbocycles. The first-order chi connectivity index (χ1) is 8.24. The van der Waals surface area contributed by atoms with E-state index in [0.29, 0.717) is 12.1 Å². The summed E-state index contributed by atoms with van der Waals surface area (Å²) in [5.41, 5.74) is 7.65. The van der Waals surface area contributed by atoms with E-state index in [4.69, 9.17) is 5.73 Å². The summed E-state index contributed by atoms with van der Waals surface area (Å²) in [6.45, 7) is 3.28. The minimum absolute atomic E-state index is 0.246. The molecule has 17 heavy (non-hydrogen) atoms. The van der Waals surface area contributed by atoms with Gasteiger partial charge in [-0.1, -0.05) is 19.1 Å². The Bertz CT molecular complexity index is 505. The van der Waals surface area contributed by atoms with E-state index in [9.17, 15) is 4.39 Å². The molecule has 3 nitrogen and oxygen atoms in total. The van der Waals surface area contributed by atoms with Crippen molar-refractivity contribution in [3.05, 3.63) is 42.0 Å². The minimum atomic E-state index is -0.246. The van der Waals surface area contributed by atoms with Gasteiger partial charge in [0.15, 0.2) is 0 Å². The summed E-state index contributed by atoms with van der Waals surface area (Å²) >= 11 is 0. The van der Waals surface area contributed by atoms with Crippen molar-refractivity contribution in [3.8, 4) is 11.1 Å². The Balaban J connectivity index is 2.32. The Morgan fingerprint density at radius 1 is 1.41 bits per heavy atom. The maximum Gasteiger partial charge on any atom is 0.131 e. The van der Waals surface area contributed by atoms with Crippen molar-refractivity contribution in [1.82, 2.24) is 9.78 Å². The van der Waals surface area contributed by atoms with Crippen LogP contribution in [0.4, 0.5) is 4.39 Å². The van der Waals surface area contributed by atoms with E-state index in [1.54, 1.807) is 12.3 Å². The molecule has 0 aliphatic carbocycles. The van der Waals surface area contributed by atoms with Gasteiger partial charge in [-0.3, -0.25) is 4.68 Å². The number of nitrogens with zero attached hydrogens (tertiary/aromatic N) is 2. The largest absolute Gasteiger partial charge is 0.326 e. The molecular weight excluding hydrogens is 217 g/mol. The van der Waals surface area contributed by atoms with Crippen LogP contribution < -0.4 is 5.73 Å². The third-order valence-corrected chi connectivity index (χ3v) is 2.67. The van der Waals surface area contributed by atoms with Crippen LogP contribution in [0.15, 0.2) is 30.6 Å². The van der Waals surface area contributed by atoms with Crippen LogP contribution in [-0.2, 0) is 13.1 Å². The van der Waals surface area contributed by atoms with Crippen molar-refractivity contribution < 1.29 is 4.39 Å². The molecule has 1 aromatic carbocycles. The molecule has 0 aliphatic heterocycles. The maximum absolute atomic E-state index is 13.8. The van der Waals surface area contributed by atoms with Gasteiger partial charge in [-0.25, -0.2) is 4.39 Å². The Hall–Kier alpha value is -1.68. The summed E-state index contributed by atoms with van der Waals surface area (Å²) in [6.07, 6.45) is 4.57. The first-order valence-corrected chi connectivity index (χ1v) is 5.76.